The van der Waals surface area contributed by atoms with Gasteiger partial charge in [-0.05, 0) is 0 Å². The second-order valence-electron chi connectivity index (χ2n) is 3.57. The van der Waals surface area contributed by atoms with Gasteiger partial charge in [0.05, 0.1) is 26.9 Å². The first-order valence-corrected chi connectivity index (χ1v) is 5.31. The Labute approximate surface area is 105 Å². The third kappa shape index (κ3) is 2.65. The predicted molar refractivity (Wildman–Crippen MR) is 65.5 cm³/mol. The van der Waals surface area contributed by atoms with Crippen LogP contribution in [0.2, 0.25) is 0 Å². The highest BCUT2D eigenvalue weighted by atomic mass is 16.5. The molecule has 0 aliphatic carbocycles. The van der Waals surface area contributed by atoms with Crippen molar-refractivity contribution in [3.63, 3.8) is 0 Å². The fourth-order valence-electron chi connectivity index (χ4n) is 1.72. The van der Waals surface area contributed by atoms with Crippen molar-refractivity contribution < 1.29 is 24.1 Å². The maximum Gasteiger partial charge on any atom is 0.312 e. The van der Waals surface area contributed by atoms with Crippen LogP contribution in [0.25, 0.3) is 0 Å². The Balaban J connectivity index is 3.43. The summed E-state index contributed by atoms with van der Waals surface area (Å²) in [4.78, 5) is 11.2. The summed E-state index contributed by atoms with van der Waals surface area (Å²) < 4.78 is 15.5. The molecule has 6 nitrogen and oxygen atoms in total. The van der Waals surface area contributed by atoms with Crippen LogP contribution in [0, 0.1) is 0 Å². The third-order valence-electron chi connectivity index (χ3n) is 2.64. The van der Waals surface area contributed by atoms with Crippen molar-refractivity contribution in [2.45, 2.75) is 5.92 Å². The smallest absolute Gasteiger partial charge is 0.312 e. The number of hydrogen-bond acceptors (Lipinski definition) is 5. The maximum absolute atomic E-state index is 11.2. The van der Waals surface area contributed by atoms with Crippen LogP contribution in [0.5, 0.6) is 17.2 Å². The van der Waals surface area contributed by atoms with E-state index in [9.17, 15) is 9.90 Å². The van der Waals surface area contributed by atoms with Crippen molar-refractivity contribution in [3.05, 3.63) is 17.7 Å². The van der Waals surface area contributed by atoms with Crippen LogP contribution in [0.15, 0.2) is 12.1 Å². The van der Waals surface area contributed by atoms with Crippen LogP contribution in [0.1, 0.15) is 11.5 Å². The molecule has 0 radical (unpaired) electrons. The van der Waals surface area contributed by atoms with Crippen LogP contribution >= 0.6 is 0 Å². The average Bonchev–Trinajstić information content (AvgIpc) is 2.38. The van der Waals surface area contributed by atoms with Gasteiger partial charge in [0.15, 0.2) is 0 Å². The summed E-state index contributed by atoms with van der Waals surface area (Å²) in [7, 11) is 4.41. The van der Waals surface area contributed by atoms with E-state index in [2.05, 4.69) is 0 Å². The minimum atomic E-state index is -1.03. The van der Waals surface area contributed by atoms with Crippen molar-refractivity contribution in [2.24, 2.45) is 5.73 Å². The standard InChI is InChI=1S/C12H17NO5/c1-16-7-4-9(17-2)11(10(5-7)18-3)8(6-13)12(14)15/h4-5,8H,6,13H2,1-3H3,(H,14,15). The van der Waals surface area contributed by atoms with Gasteiger partial charge < -0.3 is 25.1 Å². The maximum atomic E-state index is 11.2. The van der Waals surface area contributed by atoms with Gasteiger partial charge in [-0.2, -0.15) is 0 Å². The van der Waals surface area contributed by atoms with E-state index in [4.69, 9.17) is 19.9 Å². The van der Waals surface area contributed by atoms with Gasteiger partial charge >= 0.3 is 5.97 Å². The molecule has 1 rings (SSSR count). The van der Waals surface area contributed by atoms with Gasteiger partial charge in [0.1, 0.15) is 23.2 Å². The van der Waals surface area contributed by atoms with Crippen molar-refractivity contribution in [2.75, 3.05) is 27.9 Å². The second kappa shape index (κ2) is 6.11. The molecule has 0 fully saturated rings. The van der Waals surface area contributed by atoms with Gasteiger partial charge in [-0.15, -0.1) is 0 Å². The van der Waals surface area contributed by atoms with Gasteiger partial charge in [0.2, 0.25) is 0 Å². The van der Waals surface area contributed by atoms with E-state index in [0.29, 0.717) is 22.8 Å². The highest BCUT2D eigenvalue weighted by Crippen LogP contribution is 2.38. The first kappa shape index (κ1) is 14.1. The number of methoxy groups -OCH3 is 3. The molecule has 1 aromatic carbocycles. The van der Waals surface area contributed by atoms with Crippen molar-refractivity contribution in [3.8, 4) is 17.2 Å². The Morgan fingerprint density at radius 3 is 2.00 bits per heavy atom. The summed E-state index contributed by atoms with van der Waals surface area (Å²) in [5.74, 6) is -0.637. The van der Waals surface area contributed by atoms with Gasteiger partial charge in [-0.25, -0.2) is 0 Å². The summed E-state index contributed by atoms with van der Waals surface area (Å²) in [5.41, 5.74) is 5.91. The van der Waals surface area contributed by atoms with E-state index in [1.807, 2.05) is 0 Å². The zero-order valence-electron chi connectivity index (χ0n) is 10.6. The first-order chi connectivity index (χ1) is 8.58. The Morgan fingerprint density at radius 2 is 1.72 bits per heavy atom. The number of carboxylic acid groups (broad SMARTS) is 1. The van der Waals surface area contributed by atoms with E-state index >= 15 is 0 Å². The number of rotatable bonds is 6. The number of nitrogens with two attached hydrogens (primary N) is 1. The molecule has 0 saturated carbocycles. The SMILES string of the molecule is COc1cc(OC)c(C(CN)C(=O)O)c(OC)c1. The lowest BCUT2D eigenvalue weighted by atomic mass is 9.97. The zero-order chi connectivity index (χ0) is 13.7. The van der Waals surface area contributed by atoms with Gasteiger partial charge in [0.25, 0.3) is 0 Å². The molecule has 3 N–H and O–H groups in total. The molecule has 100 valence electrons. The normalized spacial score (nSPS) is 11.8. The zero-order valence-corrected chi connectivity index (χ0v) is 10.6. The van der Waals surface area contributed by atoms with Crippen molar-refractivity contribution in [1.29, 1.82) is 0 Å². The lowest BCUT2D eigenvalue weighted by molar-refractivity contribution is -0.138. The molecule has 0 saturated heterocycles. The second-order valence-corrected chi connectivity index (χ2v) is 3.57. The molecule has 18 heavy (non-hydrogen) atoms. The van der Waals surface area contributed by atoms with Crippen molar-refractivity contribution in [1.82, 2.24) is 0 Å². The molecule has 1 unspecified atom stereocenters. The van der Waals surface area contributed by atoms with Gasteiger partial charge in [0, 0.05) is 18.7 Å². The summed E-state index contributed by atoms with van der Waals surface area (Å²) in [6.45, 7) is -0.0472. The number of carbonyl (C=O) groups is 1. The molecule has 0 heterocycles. The lowest BCUT2D eigenvalue weighted by Crippen LogP contribution is -2.22. The number of ether oxygens (including phenoxy) is 3. The molecule has 0 aliphatic heterocycles. The molecule has 0 spiro atoms. The summed E-state index contributed by atoms with van der Waals surface area (Å²) in [6.07, 6.45) is 0. The van der Waals surface area contributed by atoms with Crippen LogP contribution in [-0.2, 0) is 4.79 Å². The number of benzene rings is 1. The molecule has 0 bridgehead atoms. The molecule has 1 atom stereocenters. The molecule has 0 amide bonds. The highest BCUT2D eigenvalue weighted by molar-refractivity contribution is 5.79. The summed E-state index contributed by atoms with van der Waals surface area (Å²) in [6, 6.07) is 3.20. The van der Waals surface area contributed by atoms with E-state index < -0.39 is 11.9 Å². The molecule has 1 aromatic rings. The monoisotopic (exact) mass is 255 g/mol. The van der Waals surface area contributed by atoms with Crippen LogP contribution in [0.4, 0.5) is 0 Å². The third-order valence-corrected chi connectivity index (χ3v) is 2.64. The summed E-state index contributed by atoms with van der Waals surface area (Å²) >= 11 is 0. The van der Waals surface area contributed by atoms with E-state index in [1.165, 1.54) is 21.3 Å². The molecule has 0 aliphatic rings. The van der Waals surface area contributed by atoms with E-state index in [-0.39, 0.29) is 6.54 Å². The fourth-order valence-corrected chi connectivity index (χ4v) is 1.72. The number of aliphatic carboxylic acids is 1. The number of hydrogen-bond donors (Lipinski definition) is 2. The van der Waals surface area contributed by atoms with Crippen LogP contribution < -0.4 is 19.9 Å². The topological polar surface area (TPSA) is 91.0 Å². The molecular formula is C12H17NO5. The Kier molecular flexibility index (Phi) is 4.79. The molecule has 6 heteroatoms. The quantitative estimate of drug-likeness (QED) is 0.782. The van der Waals surface area contributed by atoms with Crippen LogP contribution in [0.3, 0.4) is 0 Å². The van der Waals surface area contributed by atoms with E-state index in [1.54, 1.807) is 12.1 Å². The number of carboxylic acids is 1. The highest BCUT2D eigenvalue weighted by Gasteiger charge is 2.27. The first-order valence-electron chi connectivity index (χ1n) is 5.31. The Hall–Kier alpha value is -1.95. The fraction of sp³-hybridized carbons (Fsp3) is 0.417. The largest absolute Gasteiger partial charge is 0.496 e. The minimum absolute atomic E-state index is 0.0472. The van der Waals surface area contributed by atoms with Crippen LogP contribution in [-0.4, -0.2) is 38.9 Å². The predicted octanol–water partition coefficient (Wildman–Crippen LogP) is 0.839. The summed E-state index contributed by atoms with van der Waals surface area (Å²) in [5, 5.41) is 9.17. The Bertz CT molecular complexity index is 407. The van der Waals surface area contributed by atoms with E-state index in [0.717, 1.165) is 0 Å². The minimum Gasteiger partial charge on any atom is -0.496 e. The van der Waals surface area contributed by atoms with Gasteiger partial charge in [-0.3, -0.25) is 4.79 Å². The van der Waals surface area contributed by atoms with Crippen molar-refractivity contribution >= 4 is 5.97 Å². The lowest BCUT2D eigenvalue weighted by Gasteiger charge is -2.19. The molecular weight excluding hydrogens is 238 g/mol. The average molecular weight is 255 g/mol. The molecule has 0 aromatic heterocycles. The Morgan fingerprint density at radius 1 is 1.22 bits per heavy atom. The van der Waals surface area contributed by atoms with Gasteiger partial charge in [-0.1, -0.05) is 0 Å².